The number of aliphatic hydroxyl groups excluding tert-OH is 1. The van der Waals surface area contributed by atoms with Crippen LogP contribution in [-0.4, -0.2) is 35.7 Å². The molecular formula is C17H26N2O2. The quantitative estimate of drug-likeness (QED) is 0.893. The highest BCUT2D eigenvalue weighted by molar-refractivity contribution is 5.94. The molecule has 4 nitrogen and oxygen atoms in total. The predicted molar refractivity (Wildman–Crippen MR) is 85.5 cm³/mol. The van der Waals surface area contributed by atoms with E-state index in [4.69, 9.17) is 0 Å². The lowest BCUT2D eigenvalue weighted by atomic mass is 10.1. The third kappa shape index (κ3) is 4.55. The number of hydrogen-bond acceptors (Lipinski definition) is 3. The largest absolute Gasteiger partial charge is 0.390 e. The van der Waals surface area contributed by atoms with Crippen LogP contribution in [0.25, 0.3) is 0 Å². The lowest BCUT2D eigenvalue weighted by molar-refractivity contribution is -0.118. The Balaban J connectivity index is 2.08. The number of carbonyl (C=O) groups is 1. The molecule has 0 spiro atoms. The van der Waals surface area contributed by atoms with E-state index in [-0.39, 0.29) is 11.4 Å². The highest BCUT2D eigenvalue weighted by Crippen LogP contribution is 2.26. The number of rotatable bonds is 4. The predicted octanol–water partition coefficient (Wildman–Crippen LogP) is 2.10. The van der Waals surface area contributed by atoms with E-state index in [1.165, 1.54) is 5.56 Å². The summed E-state index contributed by atoms with van der Waals surface area (Å²) in [6, 6.07) is 8.00. The topological polar surface area (TPSA) is 52.6 Å². The lowest BCUT2D eigenvalue weighted by Gasteiger charge is -2.28. The Labute approximate surface area is 127 Å². The van der Waals surface area contributed by atoms with Gasteiger partial charge in [-0.25, -0.2) is 0 Å². The lowest BCUT2D eigenvalue weighted by Crippen LogP contribution is -2.46. The van der Waals surface area contributed by atoms with E-state index in [9.17, 15) is 9.90 Å². The molecule has 21 heavy (non-hydrogen) atoms. The van der Waals surface area contributed by atoms with Gasteiger partial charge < -0.3 is 15.3 Å². The summed E-state index contributed by atoms with van der Waals surface area (Å²) in [5, 5.41) is 13.5. The Morgan fingerprint density at radius 1 is 1.29 bits per heavy atom. The van der Waals surface area contributed by atoms with Gasteiger partial charge in [0.2, 0.25) is 5.91 Å². The van der Waals surface area contributed by atoms with Gasteiger partial charge >= 0.3 is 0 Å². The maximum Gasteiger partial charge on any atom is 0.227 e. The molecule has 1 aliphatic rings. The smallest absolute Gasteiger partial charge is 0.227 e. The molecule has 0 aromatic heterocycles. The molecule has 1 heterocycles. The number of anilines is 1. The van der Waals surface area contributed by atoms with Crippen LogP contribution in [0.4, 0.5) is 5.69 Å². The molecule has 1 amide bonds. The SMILES string of the molecule is CC(C)(C)NCC(O)CN1C(=O)CCCc2ccccc21. The van der Waals surface area contributed by atoms with E-state index < -0.39 is 6.10 Å². The van der Waals surface area contributed by atoms with Crippen molar-refractivity contribution in [1.82, 2.24) is 5.32 Å². The Kier molecular flexibility index (Phi) is 5.01. The van der Waals surface area contributed by atoms with Gasteiger partial charge in [0.05, 0.1) is 12.6 Å². The van der Waals surface area contributed by atoms with E-state index in [0.29, 0.717) is 19.5 Å². The molecule has 2 rings (SSSR count). The van der Waals surface area contributed by atoms with Gasteiger partial charge in [-0.2, -0.15) is 0 Å². The fourth-order valence-corrected chi connectivity index (χ4v) is 2.58. The van der Waals surface area contributed by atoms with Crippen LogP contribution in [-0.2, 0) is 11.2 Å². The minimum absolute atomic E-state index is 0.0400. The molecule has 1 aromatic carbocycles. The van der Waals surface area contributed by atoms with Gasteiger partial charge in [0.25, 0.3) is 0 Å². The summed E-state index contributed by atoms with van der Waals surface area (Å²) in [6.45, 7) is 7.01. The van der Waals surface area contributed by atoms with Gasteiger partial charge in [-0.15, -0.1) is 0 Å². The molecule has 1 aliphatic heterocycles. The molecule has 0 saturated carbocycles. The van der Waals surface area contributed by atoms with E-state index >= 15 is 0 Å². The molecule has 0 saturated heterocycles. The standard InChI is InChI=1S/C17H26N2O2/c1-17(2,3)18-11-14(20)12-19-15-9-5-4-7-13(15)8-6-10-16(19)21/h4-5,7,9,14,18,20H,6,8,10-12H2,1-3H3. The van der Waals surface area contributed by atoms with E-state index in [1.54, 1.807) is 4.90 Å². The zero-order chi connectivity index (χ0) is 15.5. The zero-order valence-corrected chi connectivity index (χ0v) is 13.2. The van der Waals surface area contributed by atoms with Gasteiger partial charge in [-0.05, 0) is 45.2 Å². The van der Waals surface area contributed by atoms with Gasteiger partial charge in [-0.1, -0.05) is 18.2 Å². The maximum absolute atomic E-state index is 12.3. The van der Waals surface area contributed by atoms with Crippen LogP contribution in [0.3, 0.4) is 0 Å². The van der Waals surface area contributed by atoms with Crippen molar-refractivity contribution in [3.63, 3.8) is 0 Å². The van der Waals surface area contributed by atoms with Crippen molar-refractivity contribution in [3.8, 4) is 0 Å². The number of nitrogens with one attached hydrogen (secondary N) is 1. The van der Waals surface area contributed by atoms with E-state index in [1.807, 2.05) is 18.2 Å². The first-order chi connectivity index (χ1) is 9.87. The highest BCUT2D eigenvalue weighted by atomic mass is 16.3. The van der Waals surface area contributed by atoms with Crippen LogP contribution in [0.15, 0.2) is 24.3 Å². The van der Waals surface area contributed by atoms with Crippen LogP contribution in [0, 0.1) is 0 Å². The van der Waals surface area contributed by atoms with E-state index in [0.717, 1.165) is 18.5 Å². The van der Waals surface area contributed by atoms with Crippen molar-refractivity contribution in [1.29, 1.82) is 0 Å². The molecule has 1 aromatic rings. The number of hydrogen-bond donors (Lipinski definition) is 2. The number of carbonyl (C=O) groups excluding carboxylic acids is 1. The maximum atomic E-state index is 12.3. The van der Waals surface area contributed by atoms with Crippen molar-refractivity contribution in [3.05, 3.63) is 29.8 Å². The second kappa shape index (κ2) is 6.58. The Hall–Kier alpha value is -1.39. The third-order valence-corrected chi connectivity index (χ3v) is 3.68. The number of aliphatic hydroxyl groups is 1. The molecule has 0 bridgehead atoms. The summed E-state index contributed by atoms with van der Waals surface area (Å²) in [4.78, 5) is 14.1. The fraction of sp³-hybridized carbons (Fsp3) is 0.588. The monoisotopic (exact) mass is 290 g/mol. The van der Waals surface area contributed by atoms with Gasteiger partial charge in [-0.3, -0.25) is 4.79 Å². The molecule has 1 unspecified atom stereocenters. The second-order valence-corrected chi connectivity index (χ2v) is 6.77. The number of amides is 1. The van der Waals surface area contributed by atoms with Crippen molar-refractivity contribution in [2.45, 2.75) is 51.7 Å². The second-order valence-electron chi connectivity index (χ2n) is 6.77. The van der Waals surface area contributed by atoms with E-state index in [2.05, 4.69) is 32.2 Å². The van der Waals surface area contributed by atoms with Crippen LogP contribution < -0.4 is 10.2 Å². The van der Waals surface area contributed by atoms with Crippen LogP contribution in [0.1, 0.15) is 39.2 Å². The summed E-state index contributed by atoms with van der Waals surface area (Å²) < 4.78 is 0. The van der Waals surface area contributed by atoms with Crippen LogP contribution in [0.5, 0.6) is 0 Å². The molecule has 4 heteroatoms. The number of benzene rings is 1. The number of aryl methyl sites for hydroxylation is 1. The van der Waals surface area contributed by atoms with Gasteiger partial charge in [0.1, 0.15) is 0 Å². The molecule has 116 valence electrons. The van der Waals surface area contributed by atoms with Crippen molar-refractivity contribution >= 4 is 11.6 Å². The van der Waals surface area contributed by atoms with Crippen LogP contribution in [0.2, 0.25) is 0 Å². The third-order valence-electron chi connectivity index (χ3n) is 3.68. The van der Waals surface area contributed by atoms with Crippen molar-refractivity contribution in [2.75, 3.05) is 18.0 Å². The fourth-order valence-electron chi connectivity index (χ4n) is 2.58. The van der Waals surface area contributed by atoms with Gasteiger partial charge in [0.15, 0.2) is 0 Å². The average Bonchev–Trinajstić information content (AvgIpc) is 2.56. The molecule has 1 atom stereocenters. The summed E-state index contributed by atoms with van der Waals surface area (Å²) >= 11 is 0. The van der Waals surface area contributed by atoms with Crippen molar-refractivity contribution in [2.24, 2.45) is 0 Å². The highest BCUT2D eigenvalue weighted by Gasteiger charge is 2.24. The minimum atomic E-state index is -0.570. The molecule has 2 N–H and O–H groups in total. The zero-order valence-electron chi connectivity index (χ0n) is 13.2. The first kappa shape index (κ1) is 16.0. The van der Waals surface area contributed by atoms with Crippen molar-refractivity contribution < 1.29 is 9.90 Å². The number of para-hydroxylation sites is 1. The summed E-state index contributed by atoms with van der Waals surface area (Å²) in [5.41, 5.74) is 2.11. The Morgan fingerprint density at radius 2 is 2.00 bits per heavy atom. The first-order valence-electron chi connectivity index (χ1n) is 7.68. The Morgan fingerprint density at radius 3 is 2.71 bits per heavy atom. The van der Waals surface area contributed by atoms with Crippen LogP contribution >= 0.6 is 0 Å². The Bertz CT molecular complexity index is 494. The van der Waals surface area contributed by atoms with Gasteiger partial charge in [0, 0.05) is 24.2 Å². The molecule has 0 fully saturated rings. The summed E-state index contributed by atoms with van der Waals surface area (Å²) in [6.07, 6.45) is 1.78. The number of fused-ring (bicyclic) bond motifs is 1. The average molecular weight is 290 g/mol. The number of nitrogens with zero attached hydrogens (tertiary/aromatic N) is 1. The summed E-state index contributed by atoms with van der Waals surface area (Å²) in [7, 11) is 0. The molecule has 0 radical (unpaired) electrons. The minimum Gasteiger partial charge on any atom is -0.390 e. The molecular weight excluding hydrogens is 264 g/mol. The molecule has 0 aliphatic carbocycles. The summed E-state index contributed by atoms with van der Waals surface area (Å²) in [5.74, 6) is 0.106. The number of β-amino-alcohol motifs (C(OH)–C–C–N with tert-alkyl or cyclic N) is 1. The normalized spacial score (nSPS) is 17.3. The first-order valence-corrected chi connectivity index (χ1v) is 7.68.